The highest BCUT2D eigenvalue weighted by molar-refractivity contribution is 5.65. The monoisotopic (exact) mass is 213 g/mol. The van der Waals surface area contributed by atoms with Gasteiger partial charge in [0.15, 0.2) is 0 Å². The first kappa shape index (κ1) is 10.7. The fourth-order valence-corrected chi connectivity index (χ4v) is 2.36. The molecule has 0 spiro atoms. The number of nitrogens with zero attached hydrogens (tertiary/aromatic N) is 2. The lowest BCUT2D eigenvalue weighted by atomic mass is 10.1. The summed E-state index contributed by atoms with van der Waals surface area (Å²) in [5.74, 6) is 0.765. The molecule has 0 aromatic rings. The van der Waals surface area contributed by atoms with Gasteiger partial charge in [-0.25, -0.2) is 4.79 Å². The van der Waals surface area contributed by atoms with Crippen molar-refractivity contribution in [3.8, 4) is 0 Å². The van der Waals surface area contributed by atoms with Crippen LogP contribution in [0.4, 0.5) is 4.79 Å². The first-order valence-electron chi connectivity index (χ1n) is 5.66. The topological polar surface area (TPSA) is 55.8 Å². The van der Waals surface area contributed by atoms with Gasteiger partial charge in [-0.15, -0.1) is 0 Å². The molecule has 0 bridgehead atoms. The van der Waals surface area contributed by atoms with Crippen molar-refractivity contribution in [3.05, 3.63) is 0 Å². The van der Waals surface area contributed by atoms with Crippen molar-refractivity contribution < 1.29 is 9.90 Å². The summed E-state index contributed by atoms with van der Waals surface area (Å²) in [6.45, 7) is 6.50. The van der Waals surface area contributed by atoms with Gasteiger partial charge in [0.1, 0.15) is 0 Å². The number of rotatable bonds is 2. The number of piperazine rings is 1. The van der Waals surface area contributed by atoms with Gasteiger partial charge >= 0.3 is 6.09 Å². The Morgan fingerprint density at radius 3 is 2.60 bits per heavy atom. The summed E-state index contributed by atoms with van der Waals surface area (Å²) in [5, 5.41) is 12.2. The van der Waals surface area contributed by atoms with Crippen molar-refractivity contribution in [1.82, 2.24) is 15.1 Å². The van der Waals surface area contributed by atoms with Gasteiger partial charge in [-0.2, -0.15) is 0 Å². The van der Waals surface area contributed by atoms with Gasteiger partial charge in [0.05, 0.1) is 0 Å². The van der Waals surface area contributed by atoms with E-state index in [1.54, 1.807) is 0 Å². The minimum absolute atomic E-state index is 0.662. The fourth-order valence-electron chi connectivity index (χ4n) is 2.36. The Bertz CT molecular complexity index is 221. The predicted molar refractivity (Wildman–Crippen MR) is 57.0 cm³/mol. The van der Waals surface area contributed by atoms with Crippen LogP contribution in [0.5, 0.6) is 0 Å². The fraction of sp³-hybridized carbons (Fsp3) is 0.900. The van der Waals surface area contributed by atoms with E-state index in [2.05, 4.69) is 10.2 Å². The van der Waals surface area contributed by atoms with E-state index in [0.717, 1.165) is 38.6 Å². The summed E-state index contributed by atoms with van der Waals surface area (Å²) in [4.78, 5) is 14.6. The summed E-state index contributed by atoms with van der Waals surface area (Å²) in [6, 6.07) is 0. The molecular weight excluding hydrogens is 194 g/mol. The van der Waals surface area contributed by atoms with Crippen LogP contribution < -0.4 is 5.32 Å². The maximum absolute atomic E-state index is 10.7. The molecule has 2 aliphatic rings. The smallest absolute Gasteiger partial charge is 0.407 e. The Morgan fingerprint density at radius 1 is 1.33 bits per heavy atom. The van der Waals surface area contributed by atoms with Crippen molar-refractivity contribution in [2.24, 2.45) is 5.92 Å². The zero-order chi connectivity index (χ0) is 10.7. The molecule has 0 saturated carbocycles. The number of nitrogens with one attached hydrogen (secondary N) is 1. The van der Waals surface area contributed by atoms with E-state index in [-0.39, 0.29) is 0 Å². The van der Waals surface area contributed by atoms with E-state index in [1.807, 2.05) is 0 Å². The van der Waals surface area contributed by atoms with Gasteiger partial charge in [0.2, 0.25) is 0 Å². The average molecular weight is 213 g/mol. The first-order chi connectivity index (χ1) is 7.25. The number of amides is 1. The van der Waals surface area contributed by atoms with Crippen LogP contribution in [0.3, 0.4) is 0 Å². The Kier molecular flexibility index (Phi) is 3.43. The molecule has 5 nitrogen and oxygen atoms in total. The van der Waals surface area contributed by atoms with E-state index in [9.17, 15) is 4.79 Å². The summed E-state index contributed by atoms with van der Waals surface area (Å²) < 4.78 is 0. The van der Waals surface area contributed by atoms with Crippen molar-refractivity contribution in [1.29, 1.82) is 0 Å². The van der Waals surface area contributed by atoms with E-state index < -0.39 is 6.09 Å². The Balaban J connectivity index is 1.71. The summed E-state index contributed by atoms with van der Waals surface area (Å²) in [5.41, 5.74) is 0. The van der Waals surface area contributed by atoms with Gasteiger partial charge < -0.3 is 15.3 Å². The second-order valence-electron chi connectivity index (χ2n) is 4.43. The van der Waals surface area contributed by atoms with Gasteiger partial charge in [-0.3, -0.25) is 4.90 Å². The van der Waals surface area contributed by atoms with Gasteiger partial charge in [-0.1, -0.05) is 0 Å². The third-order valence-corrected chi connectivity index (χ3v) is 3.32. The normalized spacial score (nSPS) is 28.3. The molecule has 2 heterocycles. The first-order valence-corrected chi connectivity index (χ1v) is 5.66. The average Bonchev–Trinajstić information content (AvgIpc) is 2.71. The van der Waals surface area contributed by atoms with Crippen LogP contribution in [-0.4, -0.2) is 66.8 Å². The highest BCUT2D eigenvalue weighted by Gasteiger charge is 2.23. The molecule has 0 unspecified atom stereocenters. The molecule has 0 aromatic heterocycles. The van der Waals surface area contributed by atoms with Crippen molar-refractivity contribution >= 4 is 6.09 Å². The zero-order valence-electron chi connectivity index (χ0n) is 8.98. The van der Waals surface area contributed by atoms with Crippen LogP contribution in [0, 0.1) is 5.92 Å². The summed E-state index contributed by atoms with van der Waals surface area (Å²) in [7, 11) is 0. The lowest BCUT2D eigenvalue weighted by Crippen LogP contribution is -2.49. The van der Waals surface area contributed by atoms with Crippen molar-refractivity contribution in [3.63, 3.8) is 0 Å². The molecule has 2 aliphatic heterocycles. The standard InChI is InChI=1S/C10H19N3O2/c14-10(15)13-5-3-12(4-6-13)8-9-1-2-11-7-9/h9,11H,1-8H2,(H,14,15)/t9-/m1/s1. The second-order valence-corrected chi connectivity index (χ2v) is 4.43. The number of hydrogen-bond donors (Lipinski definition) is 2. The van der Waals surface area contributed by atoms with E-state index in [4.69, 9.17) is 5.11 Å². The van der Waals surface area contributed by atoms with Gasteiger partial charge in [0.25, 0.3) is 0 Å². The second kappa shape index (κ2) is 4.81. The summed E-state index contributed by atoms with van der Waals surface area (Å²) in [6.07, 6.45) is 0.483. The van der Waals surface area contributed by atoms with Gasteiger partial charge in [0, 0.05) is 32.7 Å². The predicted octanol–water partition coefficient (Wildman–Crippen LogP) is -0.108. The molecule has 86 valence electrons. The van der Waals surface area contributed by atoms with Gasteiger partial charge in [-0.05, 0) is 25.4 Å². The Morgan fingerprint density at radius 2 is 2.07 bits per heavy atom. The molecule has 2 N–H and O–H groups in total. The van der Waals surface area contributed by atoms with Crippen LogP contribution in [0.25, 0.3) is 0 Å². The molecule has 0 radical (unpaired) electrons. The van der Waals surface area contributed by atoms with Crippen LogP contribution >= 0.6 is 0 Å². The highest BCUT2D eigenvalue weighted by Crippen LogP contribution is 2.11. The molecule has 2 fully saturated rings. The highest BCUT2D eigenvalue weighted by atomic mass is 16.4. The molecule has 0 aliphatic carbocycles. The minimum Gasteiger partial charge on any atom is -0.465 e. The number of hydrogen-bond acceptors (Lipinski definition) is 3. The lowest BCUT2D eigenvalue weighted by Gasteiger charge is -2.34. The Hall–Kier alpha value is -0.810. The van der Waals surface area contributed by atoms with E-state index in [1.165, 1.54) is 11.3 Å². The zero-order valence-corrected chi connectivity index (χ0v) is 8.98. The molecule has 5 heteroatoms. The van der Waals surface area contributed by atoms with Crippen molar-refractivity contribution in [2.75, 3.05) is 45.8 Å². The third kappa shape index (κ3) is 2.82. The Labute approximate surface area is 90.0 Å². The number of carboxylic acid groups (broad SMARTS) is 1. The van der Waals surface area contributed by atoms with E-state index >= 15 is 0 Å². The quantitative estimate of drug-likeness (QED) is 0.672. The van der Waals surface area contributed by atoms with Crippen LogP contribution in [0.1, 0.15) is 6.42 Å². The number of carbonyl (C=O) groups is 1. The van der Waals surface area contributed by atoms with E-state index in [0.29, 0.717) is 13.1 Å². The minimum atomic E-state index is -0.780. The lowest BCUT2D eigenvalue weighted by molar-refractivity contribution is 0.0995. The molecular formula is C10H19N3O2. The van der Waals surface area contributed by atoms with Crippen LogP contribution in [-0.2, 0) is 0 Å². The van der Waals surface area contributed by atoms with Crippen LogP contribution in [0.2, 0.25) is 0 Å². The third-order valence-electron chi connectivity index (χ3n) is 3.32. The summed E-state index contributed by atoms with van der Waals surface area (Å²) >= 11 is 0. The van der Waals surface area contributed by atoms with Crippen LogP contribution in [0.15, 0.2) is 0 Å². The van der Waals surface area contributed by atoms with Crippen molar-refractivity contribution in [2.45, 2.75) is 6.42 Å². The SMILES string of the molecule is O=C(O)N1CCN(C[C@@H]2CCNC2)CC1. The molecule has 0 aromatic carbocycles. The largest absolute Gasteiger partial charge is 0.465 e. The maximum Gasteiger partial charge on any atom is 0.407 e. The molecule has 1 atom stereocenters. The molecule has 2 saturated heterocycles. The maximum atomic E-state index is 10.7. The molecule has 15 heavy (non-hydrogen) atoms. The molecule has 2 rings (SSSR count). The molecule has 1 amide bonds.